The second kappa shape index (κ2) is 9.55. The van der Waals surface area contributed by atoms with Crippen LogP contribution in [0.1, 0.15) is 11.8 Å². The molecule has 0 unspecified atom stereocenters. The van der Waals surface area contributed by atoms with Gasteiger partial charge in [0.1, 0.15) is 12.3 Å². The van der Waals surface area contributed by atoms with E-state index in [1.54, 1.807) is 49.4 Å². The minimum Gasteiger partial charge on any atom is -0.495 e. The summed E-state index contributed by atoms with van der Waals surface area (Å²) in [7, 11) is -2.57. The third-order valence-corrected chi connectivity index (χ3v) is 6.95. The summed E-state index contributed by atoms with van der Waals surface area (Å²) in [5.74, 6) is -0.237. The highest BCUT2D eigenvalue weighted by Gasteiger charge is 2.29. The van der Waals surface area contributed by atoms with Crippen molar-refractivity contribution in [3.8, 4) is 5.75 Å². The summed E-state index contributed by atoms with van der Waals surface area (Å²) < 4.78 is 33.0. The predicted molar refractivity (Wildman–Crippen MR) is 119 cm³/mol. The lowest BCUT2D eigenvalue weighted by atomic mass is 10.3. The maximum Gasteiger partial charge on any atom is 0.264 e. The predicted octanol–water partition coefficient (Wildman–Crippen LogP) is 3.49. The number of nitrogens with one attached hydrogen (secondary N) is 1. The fourth-order valence-corrected chi connectivity index (χ4v) is 4.84. The topological polar surface area (TPSA) is 88.1 Å². The van der Waals surface area contributed by atoms with Crippen molar-refractivity contribution in [1.82, 2.24) is 5.43 Å². The lowest BCUT2D eigenvalue weighted by molar-refractivity contribution is -0.119. The normalized spacial score (nSPS) is 11.7. The largest absolute Gasteiger partial charge is 0.495 e. The molecule has 156 valence electrons. The van der Waals surface area contributed by atoms with Gasteiger partial charge in [0.15, 0.2) is 0 Å². The highest BCUT2D eigenvalue weighted by molar-refractivity contribution is 7.92. The molecular formula is C21H21N3O4S2. The van der Waals surface area contributed by atoms with Crippen molar-refractivity contribution in [2.24, 2.45) is 5.10 Å². The van der Waals surface area contributed by atoms with Crippen molar-refractivity contribution in [2.45, 2.75) is 11.8 Å². The minimum absolute atomic E-state index is 0.0713. The first-order valence-electron chi connectivity index (χ1n) is 9.01. The molecule has 0 aliphatic carbocycles. The van der Waals surface area contributed by atoms with Crippen LogP contribution in [-0.2, 0) is 14.8 Å². The number of para-hydroxylation sites is 2. The van der Waals surface area contributed by atoms with Crippen LogP contribution in [0.4, 0.5) is 5.69 Å². The lowest BCUT2D eigenvalue weighted by Gasteiger charge is -2.25. The number of carbonyl (C=O) groups excluding carboxylic acids is 1. The average Bonchev–Trinajstić information content (AvgIpc) is 3.31. The zero-order valence-corrected chi connectivity index (χ0v) is 18.1. The van der Waals surface area contributed by atoms with Crippen molar-refractivity contribution in [1.29, 1.82) is 0 Å². The number of ether oxygens (including phenoxy) is 1. The third-order valence-electron chi connectivity index (χ3n) is 4.20. The standard InChI is InChI=1S/C21H21N3O4S2/c1-16(20-13-8-14-29-20)22-23-21(25)15-24(18-11-6-7-12-19(18)28-2)30(26,27)17-9-4-3-5-10-17/h3-14H,15H2,1-2H3,(H,23,25)/b22-16+. The molecule has 30 heavy (non-hydrogen) atoms. The molecule has 1 aromatic heterocycles. The summed E-state index contributed by atoms with van der Waals surface area (Å²) in [4.78, 5) is 13.6. The van der Waals surface area contributed by atoms with Gasteiger partial charge in [0.05, 0.1) is 23.4 Å². The quantitative estimate of drug-likeness (QED) is 0.426. The van der Waals surface area contributed by atoms with E-state index in [1.807, 2.05) is 17.5 Å². The molecule has 2 aromatic carbocycles. The number of thiophene rings is 1. The molecule has 9 heteroatoms. The van der Waals surface area contributed by atoms with Crippen LogP contribution in [0.3, 0.4) is 0 Å². The first-order valence-corrected chi connectivity index (χ1v) is 11.3. The van der Waals surface area contributed by atoms with Crippen molar-refractivity contribution >= 4 is 38.7 Å². The Kier molecular flexibility index (Phi) is 6.86. The van der Waals surface area contributed by atoms with Gasteiger partial charge in [-0.15, -0.1) is 11.3 Å². The van der Waals surface area contributed by atoms with Gasteiger partial charge >= 0.3 is 0 Å². The zero-order valence-electron chi connectivity index (χ0n) is 16.5. The van der Waals surface area contributed by atoms with E-state index in [0.29, 0.717) is 11.5 Å². The van der Waals surface area contributed by atoms with Gasteiger partial charge in [0.2, 0.25) is 0 Å². The number of hydrogen-bond acceptors (Lipinski definition) is 6. The summed E-state index contributed by atoms with van der Waals surface area (Å²) in [6, 6.07) is 18.3. The lowest BCUT2D eigenvalue weighted by Crippen LogP contribution is -2.40. The van der Waals surface area contributed by atoms with Crippen LogP contribution in [0.15, 0.2) is 82.1 Å². The Bertz CT molecular complexity index is 1130. The molecule has 0 aliphatic heterocycles. The summed E-state index contributed by atoms with van der Waals surface area (Å²) in [5, 5.41) is 5.99. The highest BCUT2D eigenvalue weighted by atomic mass is 32.2. The first-order chi connectivity index (χ1) is 14.4. The van der Waals surface area contributed by atoms with E-state index in [-0.39, 0.29) is 10.6 Å². The molecule has 0 aliphatic rings. The molecule has 3 aromatic rings. The number of rotatable bonds is 8. The van der Waals surface area contributed by atoms with Gasteiger partial charge in [0, 0.05) is 4.88 Å². The fourth-order valence-electron chi connectivity index (χ4n) is 2.71. The Morgan fingerprint density at radius 3 is 2.43 bits per heavy atom. The summed E-state index contributed by atoms with van der Waals surface area (Å²) >= 11 is 1.50. The molecule has 0 saturated carbocycles. The van der Waals surface area contributed by atoms with E-state index >= 15 is 0 Å². The van der Waals surface area contributed by atoms with Gasteiger partial charge in [-0.05, 0) is 42.6 Å². The Labute approximate surface area is 179 Å². The fraction of sp³-hybridized carbons (Fsp3) is 0.143. The average molecular weight is 444 g/mol. The monoisotopic (exact) mass is 443 g/mol. The van der Waals surface area contributed by atoms with Gasteiger partial charge < -0.3 is 4.74 Å². The van der Waals surface area contributed by atoms with E-state index < -0.39 is 22.5 Å². The van der Waals surface area contributed by atoms with E-state index in [2.05, 4.69) is 10.5 Å². The van der Waals surface area contributed by atoms with Gasteiger partial charge in [0.25, 0.3) is 15.9 Å². The van der Waals surface area contributed by atoms with Crippen molar-refractivity contribution in [3.05, 3.63) is 77.0 Å². The minimum atomic E-state index is -4.02. The molecule has 1 N–H and O–H groups in total. The van der Waals surface area contributed by atoms with Gasteiger partial charge in [-0.25, -0.2) is 13.8 Å². The molecular weight excluding hydrogens is 422 g/mol. The van der Waals surface area contributed by atoms with Crippen LogP contribution in [0.25, 0.3) is 0 Å². The SMILES string of the molecule is COc1ccccc1N(CC(=O)N/N=C(\C)c1cccs1)S(=O)(=O)c1ccccc1. The molecule has 0 bridgehead atoms. The van der Waals surface area contributed by atoms with Crippen LogP contribution < -0.4 is 14.5 Å². The number of anilines is 1. The van der Waals surface area contributed by atoms with Crippen molar-refractivity contribution < 1.29 is 17.9 Å². The van der Waals surface area contributed by atoms with E-state index in [9.17, 15) is 13.2 Å². The Morgan fingerprint density at radius 2 is 1.77 bits per heavy atom. The summed E-state index contributed by atoms with van der Waals surface area (Å²) in [6.07, 6.45) is 0. The molecule has 0 radical (unpaired) electrons. The molecule has 3 rings (SSSR count). The number of carbonyl (C=O) groups is 1. The second-order valence-electron chi connectivity index (χ2n) is 6.21. The second-order valence-corrected chi connectivity index (χ2v) is 9.02. The molecule has 1 heterocycles. The molecule has 0 atom stereocenters. The van der Waals surface area contributed by atoms with Crippen molar-refractivity contribution in [3.63, 3.8) is 0 Å². The molecule has 0 fully saturated rings. The number of methoxy groups -OCH3 is 1. The summed E-state index contributed by atoms with van der Waals surface area (Å²) in [5.41, 5.74) is 3.34. The van der Waals surface area contributed by atoms with Crippen LogP contribution in [0.2, 0.25) is 0 Å². The van der Waals surface area contributed by atoms with Crippen LogP contribution in [0.5, 0.6) is 5.75 Å². The van der Waals surface area contributed by atoms with Gasteiger partial charge in [-0.3, -0.25) is 9.10 Å². The molecule has 7 nitrogen and oxygen atoms in total. The summed E-state index contributed by atoms with van der Waals surface area (Å²) in [6.45, 7) is 1.31. The van der Waals surface area contributed by atoms with Crippen LogP contribution in [-0.4, -0.2) is 33.7 Å². The van der Waals surface area contributed by atoms with E-state index in [1.165, 1.54) is 30.6 Å². The zero-order chi connectivity index (χ0) is 21.6. The maximum atomic E-state index is 13.3. The molecule has 0 spiro atoms. The van der Waals surface area contributed by atoms with E-state index in [0.717, 1.165) is 9.18 Å². The van der Waals surface area contributed by atoms with Crippen molar-refractivity contribution in [2.75, 3.05) is 18.0 Å². The number of hydrazone groups is 1. The number of sulfonamides is 1. The van der Waals surface area contributed by atoms with Gasteiger partial charge in [-0.2, -0.15) is 5.10 Å². The highest BCUT2D eigenvalue weighted by Crippen LogP contribution is 2.32. The number of benzene rings is 2. The smallest absolute Gasteiger partial charge is 0.264 e. The molecule has 1 amide bonds. The van der Waals surface area contributed by atoms with Crippen LogP contribution in [0, 0.1) is 0 Å². The Morgan fingerprint density at radius 1 is 1.07 bits per heavy atom. The Balaban J connectivity index is 1.92. The number of nitrogens with zero attached hydrogens (tertiary/aromatic N) is 2. The van der Waals surface area contributed by atoms with E-state index in [4.69, 9.17) is 4.74 Å². The first kappa shape index (κ1) is 21.5. The third kappa shape index (κ3) is 4.87. The van der Waals surface area contributed by atoms with Crippen LogP contribution >= 0.6 is 11.3 Å². The maximum absolute atomic E-state index is 13.3. The van der Waals surface area contributed by atoms with Gasteiger partial charge in [-0.1, -0.05) is 36.4 Å². The number of amides is 1. The number of hydrogen-bond donors (Lipinski definition) is 1. The molecule has 0 saturated heterocycles. The Hall–Kier alpha value is -3.17.